The van der Waals surface area contributed by atoms with Crippen molar-refractivity contribution >= 4 is 17.6 Å². The minimum absolute atomic E-state index is 0.0551. The van der Waals surface area contributed by atoms with Crippen LogP contribution in [0.2, 0.25) is 0 Å². The van der Waals surface area contributed by atoms with Crippen LogP contribution in [0.25, 0.3) is 0 Å². The number of rotatable bonds is 8. The topological polar surface area (TPSA) is 75.6 Å². The van der Waals surface area contributed by atoms with Crippen LogP contribution in [0, 0.1) is 0 Å². The molecule has 0 heterocycles. The van der Waals surface area contributed by atoms with E-state index < -0.39 is 5.97 Å². The molecule has 0 fully saturated rings. The van der Waals surface area contributed by atoms with Gasteiger partial charge in [-0.15, -0.1) is 0 Å². The fourth-order valence-corrected chi connectivity index (χ4v) is 1.64. The lowest BCUT2D eigenvalue weighted by atomic mass is 10.1. The lowest BCUT2D eigenvalue weighted by molar-refractivity contribution is -0.137. The Hall–Kier alpha value is -2.04. The summed E-state index contributed by atoms with van der Waals surface area (Å²) in [6.07, 6.45) is 2.65. The maximum atomic E-state index is 11.6. The van der Waals surface area contributed by atoms with Crippen LogP contribution in [0.4, 0.5) is 5.69 Å². The van der Waals surface area contributed by atoms with E-state index in [4.69, 9.17) is 9.84 Å². The minimum atomic E-state index is -0.789. The van der Waals surface area contributed by atoms with Crippen LogP contribution in [0.15, 0.2) is 24.3 Å². The van der Waals surface area contributed by atoms with Crippen molar-refractivity contribution in [2.24, 2.45) is 0 Å². The number of nitrogens with one attached hydrogen (secondary N) is 1. The number of hydrogen-bond acceptors (Lipinski definition) is 3. The van der Waals surface area contributed by atoms with Crippen molar-refractivity contribution in [2.45, 2.75) is 32.1 Å². The van der Waals surface area contributed by atoms with Gasteiger partial charge in [0, 0.05) is 18.5 Å². The van der Waals surface area contributed by atoms with Crippen LogP contribution >= 0.6 is 0 Å². The van der Waals surface area contributed by atoms with Gasteiger partial charge in [0.1, 0.15) is 5.75 Å². The maximum Gasteiger partial charge on any atom is 0.303 e. The lowest BCUT2D eigenvalue weighted by Crippen LogP contribution is -2.11. The van der Waals surface area contributed by atoms with Crippen molar-refractivity contribution in [3.8, 4) is 5.75 Å². The van der Waals surface area contributed by atoms with Gasteiger partial charge in [0.2, 0.25) is 5.91 Å². The zero-order valence-electron chi connectivity index (χ0n) is 11.0. The number of anilines is 1. The van der Waals surface area contributed by atoms with E-state index in [1.54, 1.807) is 31.4 Å². The molecular formula is C14H19NO4. The fraction of sp³-hybridized carbons (Fsp3) is 0.429. The second-order valence-electron chi connectivity index (χ2n) is 4.23. The molecule has 0 aliphatic carbocycles. The number of aliphatic carboxylic acids is 1. The molecule has 19 heavy (non-hydrogen) atoms. The first-order valence-corrected chi connectivity index (χ1v) is 6.27. The van der Waals surface area contributed by atoms with Gasteiger partial charge in [0.05, 0.1) is 7.11 Å². The fourth-order valence-electron chi connectivity index (χ4n) is 1.64. The molecule has 0 radical (unpaired) electrons. The second kappa shape index (κ2) is 8.13. The van der Waals surface area contributed by atoms with Crippen molar-refractivity contribution in [3.05, 3.63) is 24.3 Å². The Morgan fingerprint density at radius 3 is 2.32 bits per heavy atom. The summed E-state index contributed by atoms with van der Waals surface area (Å²) >= 11 is 0. The van der Waals surface area contributed by atoms with Crippen LogP contribution in [-0.2, 0) is 9.59 Å². The Balaban J connectivity index is 2.21. The summed E-state index contributed by atoms with van der Waals surface area (Å²) in [7, 11) is 1.59. The maximum absolute atomic E-state index is 11.6. The van der Waals surface area contributed by atoms with Crippen LogP contribution in [0.1, 0.15) is 32.1 Å². The largest absolute Gasteiger partial charge is 0.497 e. The van der Waals surface area contributed by atoms with E-state index in [0.29, 0.717) is 19.3 Å². The number of carboxylic acids is 1. The Labute approximate surface area is 112 Å². The van der Waals surface area contributed by atoms with Crippen LogP contribution in [0.3, 0.4) is 0 Å². The van der Waals surface area contributed by atoms with Crippen molar-refractivity contribution in [1.29, 1.82) is 0 Å². The minimum Gasteiger partial charge on any atom is -0.497 e. The van der Waals surface area contributed by atoms with Crippen LogP contribution in [0.5, 0.6) is 5.75 Å². The summed E-state index contributed by atoms with van der Waals surface area (Å²) < 4.78 is 5.02. The van der Waals surface area contributed by atoms with E-state index in [-0.39, 0.29) is 12.3 Å². The highest BCUT2D eigenvalue weighted by Crippen LogP contribution is 2.15. The van der Waals surface area contributed by atoms with Gasteiger partial charge in [0.15, 0.2) is 0 Å². The van der Waals surface area contributed by atoms with Gasteiger partial charge in [-0.3, -0.25) is 9.59 Å². The zero-order valence-corrected chi connectivity index (χ0v) is 11.0. The Bertz CT molecular complexity index is 414. The number of carbonyl (C=O) groups is 2. The van der Waals surface area contributed by atoms with E-state index in [2.05, 4.69) is 5.32 Å². The van der Waals surface area contributed by atoms with Gasteiger partial charge in [-0.05, 0) is 37.1 Å². The van der Waals surface area contributed by atoms with Gasteiger partial charge in [-0.25, -0.2) is 0 Å². The molecule has 0 spiro atoms. The Kier molecular flexibility index (Phi) is 6.43. The van der Waals surface area contributed by atoms with Gasteiger partial charge >= 0.3 is 5.97 Å². The Morgan fingerprint density at radius 1 is 1.11 bits per heavy atom. The normalized spacial score (nSPS) is 9.95. The van der Waals surface area contributed by atoms with E-state index in [1.807, 2.05) is 0 Å². The molecule has 5 nitrogen and oxygen atoms in total. The first-order valence-electron chi connectivity index (χ1n) is 6.27. The zero-order chi connectivity index (χ0) is 14.1. The third kappa shape index (κ3) is 6.45. The van der Waals surface area contributed by atoms with Gasteiger partial charge in [-0.2, -0.15) is 0 Å². The summed E-state index contributed by atoms with van der Waals surface area (Å²) in [6.45, 7) is 0. The molecular weight excluding hydrogens is 246 g/mol. The number of unbranched alkanes of at least 4 members (excludes halogenated alkanes) is 2. The summed E-state index contributed by atoms with van der Waals surface area (Å²) in [4.78, 5) is 21.9. The molecule has 104 valence electrons. The van der Waals surface area contributed by atoms with E-state index in [1.165, 1.54) is 0 Å². The van der Waals surface area contributed by atoms with Crippen LogP contribution < -0.4 is 10.1 Å². The molecule has 0 saturated heterocycles. The standard InChI is InChI=1S/C14H19NO4/c1-19-12-9-7-11(8-10-12)15-13(16)5-3-2-4-6-14(17)18/h7-10H,2-6H2,1H3,(H,15,16)(H,17,18). The monoisotopic (exact) mass is 265 g/mol. The number of amides is 1. The number of benzene rings is 1. The lowest BCUT2D eigenvalue weighted by Gasteiger charge is -2.06. The molecule has 2 N–H and O–H groups in total. The average molecular weight is 265 g/mol. The summed E-state index contributed by atoms with van der Waals surface area (Å²) in [5, 5.41) is 11.3. The molecule has 1 rings (SSSR count). The molecule has 0 aromatic heterocycles. The quantitative estimate of drug-likeness (QED) is 0.708. The van der Waals surface area contributed by atoms with Crippen molar-refractivity contribution in [3.63, 3.8) is 0 Å². The second-order valence-corrected chi connectivity index (χ2v) is 4.23. The number of hydrogen-bond donors (Lipinski definition) is 2. The number of ether oxygens (including phenoxy) is 1. The van der Waals surface area contributed by atoms with Crippen LogP contribution in [-0.4, -0.2) is 24.1 Å². The smallest absolute Gasteiger partial charge is 0.303 e. The highest BCUT2D eigenvalue weighted by atomic mass is 16.5. The third-order valence-corrected chi connectivity index (χ3v) is 2.67. The van der Waals surface area contributed by atoms with E-state index >= 15 is 0 Å². The number of carbonyl (C=O) groups excluding carboxylic acids is 1. The summed E-state index contributed by atoms with van der Waals surface area (Å²) in [5.41, 5.74) is 0.733. The van der Waals surface area contributed by atoms with Gasteiger partial charge in [0.25, 0.3) is 0 Å². The highest BCUT2D eigenvalue weighted by Gasteiger charge is 2.03. The number of methoxy groups -OCH3 is 1. The van der Waals surface area contributed by atoms with Crippen molar-refractivity contribution < 1.29 is 19.4 Å². The molecule has 0 atom stereocenters. The van der Waals surface area contributed by atoms with Crippen molar-refractivity contribution in [2.75, 3.05) is 12.4 Å². The predicted octanol–water partition coefficient (Wildman–Crippen LogP) is 2.67. The first kappa shape index (κ1) is 15.0. The molecule has 1 aromatic carbocycles. The highest BCUT2D eigenvalue weighted by molar-refractivity contribution is 5.90. The molecule has 0 bridgehead atoms. The first-order chi connectivity index (χ1) is 9.11. The molecule has 0 aliphatic heterocycles. The molecule has 1 amide bonds. The molecule has 0 saturated carbocycles. The van der Waals surface area contributed by atoms with Gasteiger partial charge in [-0.1, -0.05) is 6.42 Å². The molecule has 1 aromatic rings. The molecule has 5 heteroatoms. The predicted molar refractivity (Wildman–Crippen MR) is 72.3 cm³/mol. The Morgan fingerprint density at radius 2 is 1.74 bits per heavy atom. The molecule has 0 unspecified atom stereocenters. The molecule has 0 aliphatic rings. The van der Waals surface area contributed by atoms with E-state index in [9.17, 15) is 9.59 Å². The van der Waals surface area contributed by atoms with Gasteiger partial charge < -0.3 is 15.2 Å². The van der Waals surface area contributed by atoms with E-state index in [0.717, 1.165) is 17.9 Å². The van der Waals surface area contributed by atoms with Crippen molar-refractivity contribution in [1.82, 2.24) is 0 Å². The third-order valence-electron chi connectivity index (χ3n) is 2.67. The summed E-state index contributed by atoms with van der Waals surface area (Å²) in [5.74, 6) is -0.102. The average Bonchev–Trinajstić information content (AvgIpc) is 2.39. The number of carboxylic acid groups (broad SMARTS) is 1. The summed E-state index contributed by atoms with van der Waals surface area (Å²) in [6, 6.07) is 7.12. The SMILES string of the molecule is COc1ccc(NC(=O)CCCCCC(=O)O)cc1.